The van der Waals surface area contributed by atoms with Crippen molar-refractivity contribution in [2.75, 3.05) is 13.2 Å². The number of carbonyl (C=O) groups is 2. The fraction of sp³-hybridized carbons (Fsp3) is 0.787. The number of rotatable bonds is 61. The molecule has 0 radical (unpaired) electrons. The molecule has 0 bridgehead atoms. The Balaban J connectivity index is 2.59. The Morgan fingerprint density at radius 3 is 1.26 bits per heavy atom. The number of aliphatic hydroxyl groups is 5. The van der Waals surface area contributed by atoms with E-state index in [2.05, 4.69) is 99.0 Å². The van der Waals surface area contributed by atoms with E-state index in [4.69, 9.17) is 14.2 Å². The maximum Gasteiger partial charge on any atom is 0.306 e. The standard InChI is InChI=1S/C75H133NO10/c1-4-7-10-13-16-19-22-25-27-29-31-33-35-37-39-41-43-45-48-51-54-57-60-63-70(80)86-73-72(82)71(81)69(64-77)85-75(73)84-65-66(67(78)61-58-55-52-49-46-24-21-18-15-12-9-6-3)76-74(83)68(79)62-59-56-53-50-47-44-42-40-38-36-34-32-30-28-26-23-20-17-14-11-8-5-2/h7,10,16,19,25,27,31,33,37,39,43,45,58,61,66-69,71-73,75,77-79,81-82H,4-6,8-9,11-15,17-18,20-24,26,28-30,32,34-36,38,40-42,44,46-57,59-60,62-65H2,1-3H3,(H,76,83)/b10-7-,19-16-,27-25-,33-31-,39-37-,45-43-,61-58+. The van der Waals surface area contributed by atoms with Crippen LogP contribution in [0.2, 0.25) is 0 Å². The van der Waals surface area contributed by atoms with Gasteiger partial charge < -0.3 is 45.1 Å². The van der Waals surface area contributed by atoms with E-state index in [0.29, 0.717) is 19.3 Å². The van der Waals surface area contributed by atoms with Crippen LogP contribution in [-0.4, -0.2) is 99.6 Å². The van der Waals surface area contributed by atoms with Crippen molar-refractivity contribution in [2.45, 2.75) is 365 Å². The first kappa shape index (κ1) is 80.9. The lowest BCUT2D eigenvalue weighted by Crippen LogP contribution is -2.61. The molecule has 6 N–H and O–H groups in total. The van der Waals surface area contributed by atoms with Gasteiger partial charge in [-0.1, -0.05) is 318 Å². The lowest BCUT2D eigenvalue weighted by Gasteiger charge is -2.41. The molecule has 8 atom stereocenters. The van der Waals surface area contributed by atoms with Crippen molar-refractivity contribution in [3.8, 4) is 0 Å². The number of unbranched alkanes of at least 4 members (excludes halogenated alkanes) is 35. The van der Waals surface area contributed by atoms with Crippen LogP contribution in [0.5, 0.6) is 0 Å². The summed E-state index contributed by atoms with van der Waals surface area (Å²) in [4.78, 5) is 26.7. The highest BCUT2D eigenvalue weighted by molar-refractivity contribution is 5.80. The molecule has 498 valence electrons. The summed E-state index contributed by atoms with van der Waals surface area (Å²) in [5, 5.41) is 57.2. The van der Waals surface area contributed by atoms with Crippen molar-refractivity contribution >= 4 is 11.9 Å². The first-order valence-electron chi connectivity index (χ1n) is 35.9. The number of carbonyl (C=O) groups excluding carboxylic acids is 2. The molecular weight excluding hydrogens is 1070 g/mol. The van der Waals surface area contributed by atoms with E-state index >= 15 is 0 Å². The van der Waals surface area contributed by atoms with E-state index in [-0.39, 0.29) is 13.0 Å². The maximum atomic E-state index is 13.5. The minimum Gasteiger partial charge on any atom is -0.454 e. The Hall–Kier alpha value is -3.16. The van der Waals surface area contributed by atoms with Crippen molar-refractivity contribution in [3.05, 3.63) is 85.1 Å². The molecule has 0 aromatic rings. The normalized spacial score (nSPS) is 18.8. The number of ether oxygens (including phenoxy) is 3. The summed E-state index contributed by atoms with van der Waals surface area (Å²) in [6.07, 6.45) is 71.9. The fourth-order valence-corrected chi connectivity index (χ4v) is 11.0. The molecular formula is C75H133NO10. The lowest BCUT2D eigenvalue weighted by atomic mass is 9.99. The molecule has 0 saturated carbocycles. The second-order valence-electron chi connectivity index (χ2n) is 24.6. The Morgan fingerprint density at radius 1 is 0.465 bits per heavy atom. The third-order valence-electron chi connectivity index (χ3n) is 16.6. The van der Waals surface area contributed by atoms with E-state index in [0.717, 1.165) is 103 Å². The predicted octanol–water partition coefficient (Wildman–Crippen LogP) is 18.5. The van der Waals surface area contributed by atoms with Crippen LogP contribution in [0.1, 0.15) is 316 Å². The molecule has 8 unspecified atom stereocenters. The van der Waals surface area contributed by atoms with Crippen LogP contribution in [0.25, 0.3) is 0 Å². The summed E-state index contributed by atoms with van der Waals surface area (Å²) in [6.45, 7) is 5.70. The number of esters is 1. The first-order chi connectivity index (χ1) is 42.2. The Morgan fingerprint density at radius 2 is 0.837 bits per heavy atom. The molecule has 0 aromatic carbocycles. The summed E-state index contributed by atoms with van der Waals surface area (Å²) in [7, 11) is 0. The largest absolute Gasteiger partial charge is 0.454 e. The monoisotopic (exact) mass is 1210 g/mol. The quantitative estimate of drug-likeness (QED) is 0.0195. The van der Waals surface area contributed by atoms with Crippen molar-refractivity contribution in [2.24, 2.45) is 0 Å². The number of amides is 1. The smallest absolute Gasteiger partial charge is 0.306 e. The van der Waals surface area contributed by atoms with Crippen molar-refractivity contribution < 1.29 is 49.3 Å². The van der Waals surface area contributed by atoms with Gasteiger partial charge >= 0.3 is 5.97 Å². The van der Waals surface area contributed by atoms with Crippen molar-refractivity contribution in [1.29, 1.82) is 0 Å². The molecule has 0 spiro atoms. The number of aliphatic hydroxyl groups excluding tert-OH is 5. The number of hydrogen-bond donors (Lipinski definition) is 6. The molecule has 11 heteroatoms. The Bertz CT molecular complexity index is 1720. The summed E-state index contributed by atoms with van der Waals surface area (Å²) in [5.74, 6) is -1.21. The van der Waals surface area contributed by atoms with Gasteiger partial charge in [0.15, 0.2) is 12.4 Å². The van der Waals surface area contributed by atoms with Crippen LogP contribution in [0.15, 0.2) is 85.1 Å². The van der Waals surface area contributed by atoms with Crippen LogP contribution < -0.4 is 5.32 Å². The average molecular weight is 1210 g/mol. The zero-order valence-electron chi connectivity index (χ0n) is 55.4. The predicted molar refractivity (Wildman–Crippen MR) is 361 cm³/mol. The maximum absolute atomic E-state index is 13.5. The summed E-state index contributed by atoms with van der Waals surface area (Å²) >= 11 is 0. The van der Waals surface area contributed by atoms with Crippen molar-refractivity contribution in [1.82, 2.24) is 5.32 Å². The zero-order chi connectivity index (χ0) is 62.4. The molecule has 1 saturated heterocycles. The molecule has 1 fully saturated rings. The van der Waals surface area contributed by atoms with E-state index in [1.54, 1.807) is 6.08 Å². The second-order valence-corrected chi connectivity index (χ2v) is 24.6. The SMILES string of the molecule is CC/C=C\C/C=C\C/C=C\C/C=C\C/C=C\C/C=C\CCCCCCC(=O)OC1C(OCC(NC(=O)C(O)CCCCCCCCCCCCCCCCCCCCCCCC)C(O)/C=C/CCCCCCCCCCCC)OC(CO)C(O)C1O. The summed E-state index contributed by atoms with van der Waals surface area (Å²) < 4.78 is 17.7. The van der Waals surface area contributed by atoms with Crippen LogP contribution in [0.4, 0.5) is 0 Å². The van der Waals surface area contributed by atoms with Gasteiger partial charge in [0, 0.05) is 6.42 Å². The molecule has 86 heavy (non-hydrogen) atoms. The summed E-state index contributed by atoms with van der Waals surface area (Å²) in [6, 6.07) is -1.03. The topological polar surface area (TPSA) is 175 Å². The molecule has 11 nitrogen and oxygen atoms in total. The third kappa shape index (κ3) is 48.7. The molecule has 1 aliphatic heterocycles. The van der Waals surface area contributed by atoms with E-state index in [9.17, 15) is 35.1 Å². The second kappa shape index (κ2) is 62.1. The van der Waals surface area contributed by atoms with Crippen LogP contribution in [0.3, 0.4) is 0 Å². The van der Waals surface area contributed by atoms with Gasteiger partial charge in [-0.05, 0) is 77.0 Å². The van der Waals surface area contributed by atoms with E-state index in [1.807, 2.05) is 6.08 Å². The van der Waals surface area contributed by atoms with Crippen molar-refractivity contribution in [3.63, 3.8) is 0 Å². The van der Waals surface area contributed by atoms with Gasteiger partial charge in [-0.25, -0.2) is 0 Å². The molecule has 1 rings (SSSR count). The third-order valence-corrected chi connectivity index (χ3v) is 16.6. The molecule has 1 heterocycles. The zero-order valence-corrected chi connectivity index (χ0v) is 55.4. The molecule has 0 aromatic heterocycles. The van der Waals surface area contributed by atoms with Gasteiger partial charge in [0.25, 0.3) is 0 Å². The lowest BCUT2D eigenvalue weighted by molar-refractivity contribution is -0.305. The van der Waals surface area contributed by atoms with Gasteiger partial charge in [0.05, 0.1) is 25.4 Å². The molecule has 1 amide bonds. The molecule has 1 aliphatic rings. The minimum atomic E-state index is -1.63. The van der Waals surface area contributed by atoms with Gasteiger partial charge in [0.2, 0.25) is 5.91 Å². The number of hydrogen-bond acceptors (Lipinski definition) is 10. The van der Waals surface area contributed by atoms with Gasteiger partial charge in [0.1, 0.15) is 24.4 Å². The highest BCUT2D eigenvalue weighted by Gasteiger charge is 2.47. The van der Waals surface area contributed by atoms with Crippen LogP contribution in [0, 0.1) is 0 Å². The minimum absolute atomic E-state index is 0.0914. The highest BCUT2D eigenvalue weighted by Crippen LogP contribution is 2.26. The fourth-order valence-electron chi connectivity index (χ4n) is 11.0. The van der Waals surface area contributed by atoms with Gasteiger partial charge in [-0.3, -0.25) is 9.59 Å². The highest BCUT2D eigenvalue weighted by atomic mass is 16.7. The number of allylic oxidation sites excluding steroid dienone is 13. The van der Waals surface area contributed by atoms with E-state index in [1.165, 1.54) is 167 Å². The first-order valence-corrected chi connectivity index (χ1v) is 35.9. The number of nitrogens with one attached hydrogen (secondary N) is 1. The van der Waals surface area contributed by atoms with Crippen LogP contribution >= 0.6 is 0 Å². The summed E-state index contributed by atoms with van der Waals surface area (Å²) in [5.41, 5.74) is 0. The molecule has 0 aliphatic carbocycles. The Kier molecular flexibility index (Phi) is 58.3. The van der Waals surface area contributed by atoms with Gasteiger partial charge in [-0.2, -0.15) is 0 Å². The van der Waals surface area contributed by atoms with Crippen LogP contribution in [-0.2, 0) is 23.8 Å². The Labute approximate surface area is 527 Å². The van der Waals surface area contributed by atoms with Gasteiger partial charge in [-0.15, -0.1) is 0 Å². The van der Waals surface area contributed by atoms with E-state index < -0.39 is 67.4 Å². The average Bonchev–Trinajstić information content (AvgIpc) is 3.39.